The summed E-state index contributed by atoms with van der Waals surface area (Å²) >= 11 is 0. The molecule has 3 nitrogen and oxygen atoms in total. The van der Waals surface area contributed by atoms with E-state index in [1.54, 1.807) is 0 Å². The largest absolute Gasteiger partial charge is 0.462 e. The van der Waals surface area contributed by atoms with Gasteiger partial charge < -0.3 is 4.74 Å². The Morgan fingerprint density at radius 2 is 2.33 bits per heavy atom. The van der Waals surface area contributed by atoms with E-state index in [0.717, 1.165) is 6.42 Å². The summed E-state index contributed by atoms with van der Waals surface area (Å²) in [5.41, 5.74) is 0. The van der Waals surface area contributed by atoms with E-state index in [1.165, 1.54) is 0 Å². The van der Waals surface area contributed by atoms with E-state index in [1.807, 2.05) is 13.8 Å². The van der Waals surface area contributed by atoms with Crippen molar-refractivity contribution in [3.63, 3.8) is 0 Å². The maximum Gasteiger partial charge on any atom is 0.316 e. The normalized spacial score (nSPS) is 28.7. The highest BCUT2D eigenvalue weighted by atomic mass is 16.5. The molecule has 0 bridgehead atoms. The van der Waals surface area contributed by atoms with Gasteiger partial charge in [0.2, 0.25) is 0 Å². The van der Waals surface area contributed by atoms with Crippen molar-refractivity contribution in [3.8, 4) is 0 Å². The Kier molecular flexibility index (Phi) is 2.84. The van der Waals surface area contributed by atoms with Gasteiger partial charge in [-0.2, -0.15) is 0 Å². The average Bonchev–Trinajstić information content (AvgIpc) is 2.30. The first-order chi connectivity index (χ1) is 5.65. The second-order valence-corrected chi connectivity index (χ2v) is 3.25. The van der Waals surface area contributed by atoms with Gasteiger partial charge in [-0.1, -0.05) is 6.92 Å². The van der Waals surface area contributed by atoms with Crippen molar-refractivity contribution in [2.24, 2.45) is 5.92 Å². The second-order valence-electron chi connectivity index (χ2n) is 3.25. The van der Waals surface area contributed by atoms with E-state index >= 15 is 0 Å². The van der Waals surface area contributed by atoms with Crippen LogP contribution in [0, 0.1) is 5.92 Å². The summed E-state index contributed by atoms with van der Waals surface area (Å²) in [7, 11) is 0. The number of Topliss-reactive ketones (excluding diaryl/α,β-unsaturated/α-hetero) is 1. The van der Waals surface area contributed by atoms with Crippen LogP contribution in [0.4, 0.5) is 0 Å². The topological polar surface area (TPSA) is 43.4 Å². The highest BCUT2D eigenvalue weighted by Gasteiger charge is 2.36. The number of esters is 1. The average molecular weight is 170 g/mol. The third kappa shape index (κ3) is 1.84. The van der Waals surface area contributed by atoms with Gasteiger partial charge in [-0.05, 0) is 13.3 Å². The highest BCUT2D eigenvalue weighted by molar-refractivity contribution is 6.00. The summed E-state index contributed by atoms with van der Waals surface area (Å²) < 4.78 is 4.88. The van der Waals surface area contributed by atoms with Gasteiger partial charge in [0.05, 0.1) is 0 Å². The number of hydrogen-bond acceptors (Lipinski definition) is 3. The fourth-order valence-corrected chi connectivity index (χ4v) is 1.44. The van der Waals surface area contributed by atoms with Crippen LogP contribution in [-0.4, -0.2) is 17.9 Å². The Labute approximate surface area is 72.1 Å². The molecule has 0 saturated carbocycles. The molecule has 2 atom stereocenters. The van der Waals surface area contributed by atoms with Gasteiger partial charge >= 0.3 is 5.97 Å². The molecule has 0 spiro atoms. The van der Waals surface area contributed by atoms with Crippen LogP contribution in [0.2, 0.25) is 0 Å². The Bertz CT molecular complexity index is 198. The van der Waals surface area contributed by atoms with Gasteiger partial charge in [0.15, 0.2) is 0 Å². The quantitative estimate of drug-likeness (QED) is 0.473. The highest BCUT2D eigenvalue weighted by Crippen LogP contribution is 2.22. The molecule has 1 fully saturated rings. The summed E-state index contributed by atoms with van der Waals surface area (Å²) in [5, 5.41) is 0. The monoisotopic (exact) mass is 170 g/mol. The number of ketones is 1. The Balaban J connectivity index is 2.52. The summed E-state index contributed by atoms with van der Waals surface area (Å²) in [5.74, 6) is -0.771. The van der Waals surface area contributed by atoms with Crippen LogP contribution < -0.4 is 0 Å². The fourth-order valence-electron chi connectivity index (χ4n) is 1.44. The predicted molar refractivity (Wildman–Crippen MR) is 43.6 cm³/mol. The molecule has 0 N–H and O–H groups in total. The zero-order valence-corrected chi connectivity index (χ0v) is 7.50. The number of cyclic esters (lactones) is 1. The van der Waals surface area contributed by atoms with Crippen molar-refractivity contribution in [2.75, 3.05) is 0 Å². The lowest BCUT2D eigenvalue weighted by molar-refractivity contribution is -0.146. The zero-order valence-electron chi connectivity index (χ0n) is 7.50. The van der Waals surface area contributed by atoms with Crippen molar-refractivity contribution < 1.29 is 14.3 Å². The Morgan fingerprint density at radius 1 is 1.67 bits per heavy atom. The van der Waals surface area contributed by atoms with E-state index in [2.05, 4.69) is 0 Å². The van der Waals surface area contributed by atoms with Crippen molar-refractivity contribution >= 4 is 11.8 Å². The van der Waals surface area contributed by atoms with E-state index in [4.69, 9.17) is 4.74 Å². The number of carbonyl (C=O) groups excluding carboxylic acids is 2. The molecule has 3 heteroatoms. The van der Waals surface area contributed by atoms with E-state index in [9.17, 15) is 9.59 Å². The van der Waals surface area contributed by atoms with Gasteiger partial charge in [0, 0.05) is 12.8 Å². The molecule has 1 aliphatic rings. The molecular weight excluding hydrogens is 156 g/mol. The third-order valence-corrected chi connectivity index (χ3v) is 2.05. The molecule has 12 heavy (non-hydrogen) atoms. The molecule has 0 aromatic rings. The summed E-state index contributed by atoms with van der Waals surface area (Å²) in [4.78, 5) is 22.4. The molecule has 0 aliphatic carbocycles. The summed E-state index contributed by atoms with van der Waals surface area (Å²) in [6, 6.07) is 0. The number of carbonyl (C=O) groups is 2. The first-order valence-electron chi connectivity index (χ1n) is 4.38. The van der Waals surface area contributed by atoms with E-state index in [-0.39, 0.29) is 17.9 Å². The molecule has 0 unspecified atom stereocenters. The third-order valence-electron chi connectivity index (χ3n) is 2.05. The van der Waals surface area contributed by atoms with Gasteiger partial charge in [0.1, 0.15) is 17.8 Å². The Morgan fingerprint density at radius 3 is 2.75 bits per heavy atom. The minimum Gasteiger partial charge on any atom is -0.462 e. The van der Waals surface area contributed by atoms with Crippen molar-refractivity contribution in [1.29, 1.82) is 0 Å². The lowest BCUT2D eigenvalue weighted by Crippen LogP contribution is -2.18. The second kappa shape index (κ2) is 3.70. The van der Waals surface area contributed by atoms with Crippen molar-refractivity contribution in [3.05, 3.63) is 0 Å². The van der Waals surface area contributed by atoms with Crippen molar-refractivity contribution in [1.82, 2.24) is 0 Å². The van der Waals surface area contributed by atoms with Crippen LogP contribution in [0.1, 0.15) is 33.1 Å². The standard InChI is InChI=1S/C9H14O3/c1-3-4-8(10)7-5-6(2)12-9(7)11/h6-7H,3-5H2,1-2H3/t6-,7+/m0/s1. The van der Waals surface area contributed by atoms with Gasteiger partial charge in [-0.3, -0.25) is 9.59 Å². The SMILES string of the molecule is CCCC(=O)[C@H]1C[C@H](C)OC1=O. The van der Waals surface area contributed by atoms with E-state index < -0.39 is 5.92 Å². The first-order valence-corrected chi connectivity index (χ1v) is 4.38. The first kappa shape index (κ1) is 9.23. The van der Waals surface area contributed by atoms with Gasteiger partial charge in [0.25, 0.3) is 0 Å². The van der Waals surface area contributed by atoms with Crippen LogP contribution in [-0.2, 0) is 14.3 Å². The Hall–Kier alpha value is -0.860. The fraction of sp³-hybridized carbons (Fsp3) is 0.778. The molecular formula is C9H14O3. The lowest BCUT2D eigenvalue weighted by Gasteiger charge is -2.01. The van der Waals surface area contributed by atoms with E-state index in [0.29, 0.717) is 12.8 Å². The predicted octanol–water partition coefficient (Wildman–Crippen LogP) is 1.31. The molecule has 1 rings (SSSR count). The van der Waals surface area contributed by atoms with Crippen molar-refractivity contribution in [2.45, 2.75) is 39.2 Å². The van der Waals surface area contributed by atoms with Crippen LogP contribution in [0.15, 0.2) is 0 Å². The minimum atomic E-state index is -0.472. The number of ether oxygens (including phenoxy) is 1. The molecule has 68 valence electrons. The molecule has 1 heterocycles. The summed E-state index contributed by atoms with van der Waals surface area (Å²) in [6.45, 7) is 3.75. The number of hydrogen-bond donors (Lipinski definition) is 0. The molecule has 0 aromatic heterocycles. The molecule has 0 aromatic carbocycles. The lowest BCUT2D eigenvalue weighted by atomic mass is 9.97. The molecule has 0 radical (unpaired) electrons. The maximum atomic E-state index is 11.3. The van der Waals surface area contributed by atoms with Gasteiger partial charge in [-0.15, -0.1) is 0 Å². The maximum absolute atomic E-state index is 11.3. The zero-order chi connectivity index (χ0) is 9.14. The van der Waals surface area contributed by atoms with Crippen LogP contribution >= 0.6 is 0 Å². The van der Waals surface area contributed by atoms with Gasteiger partial charge in [-0.25, -0.2) is 0 Å². The molecule has 1 saturated heterocycles. The smallest absolute Gasteiger partial charge is 0.316 e. The molecule has 0 amide bonds. The van der Waals surface area contributed by atoms with Crippen LogP contribution in [0.25, 0.3) is 0 Å². The number of rotatable bonds is 3. The molecule has 1 aliphatic heterocycles. The van der Waals surface area contributed by atoms with Crippen LogP contribution in [0.3, 0.4) is 0 Å². The van der Waals surface area contributed by atoms with Crippen LogP contribution in [0.5, 0.6) is 0 Å². The summed E-state index contributed by atoms with van der Waals surface area (Å²) in [6.07, 6.45) is 1.78. The minimum absolute atomic E-state index is 0.0341.